The molecule has 0 fully saturated rings. The van der Waals surface area contributed by atoms with Gasteiger partial charge in [-0.2, -0.15) is 0 Å². The summed E-state index contributed by atoms with van der Waals surface area (Å²) in [4.78, 5) is 0. The molecule has 6 aliphatic carbocycles. The van der Waals surface area contributed by atoms with E-state index >= 15 is 8.63 Å². The summed E-state index contributed by atoms with van der Waals surface area (Å²) in [5, 5.41) is 0. The summed E-state index contributed by atoms with van der Waals surface area (Å²) < 4.78 is 43.0. The maximum atomic E-state index is 19.9. The lowest BCUT2D eigenvalue weighted by Crippen LogP contribution is -2.52. The lowest BCUT2D eigenvalue weighted by Gasteiger charge is -2.43. The van der Waals surface area contributed by atoms with Crippen LogP contribution in [0.1, 0.15) is 87.7 Å². The summed E-state index contributed by atoms with van der Waals surface area (Å²) >= 11 is 0. The van der Waals surface area contributed by atoms with Gasteiger partial charge in [0.05, 0.1) is 5.57 Å². The molecule has 326 valence electrons. The largest absolute Gasteiger partial charge is 0.737 e. The second-order valence-corrected chi connectivity index (χ2v) is 19.3. The zero-order valence-electron chi connectivity index (χ0n) is 37.6. The molecule has 0 saturated carbocycles. The SMILES string of the molecule is F[B-]1(F)n2c(c3c(c2-c2ccccc2)C2CCC3C(c3ccccc3)=C2c2ccccc2)C(c2ccccc2)=C2C3=C(C(c4ccccc4)=[N+]21)C1CCC3C(c2ccccc2)=C1c1ccccc1. The Bertz CT molecular complexity index is 3500. The van der Waals surface area contributed by atoms with Crippen LogP contribution >= 0.6 is 0 Å². The van der Waals surface area contributed by atoms with Crippen molar-refractivity contribution in [3.05, 3.63) is 279 Å². The van der Waals surface area contributed by atoms with Gasteiger partial charge in [-0.15, -0.1) is 0 Å². The van der Waals surface area contributed by atoms with E-state index in [-0.39, 0.29) is 23.7 Å². The van der Waals surface area contributed by atoms with Crippen molar-refractivity contribution in [1.82, 2.24) is 4.48 Å². The Balaban J connectivity index is 1.15. The molecule has 2 aliphatic heterocycles. The number of fused-ring (bicyclic) bond motifs is 4. The van der Waals surface area contributed by atoms with Crippen LogP contribution in [0, 0.1) is 11.8 Å². The molecule has 1 aromatic heterocycles. The lowest BCUT2D eigenvalue weighted by atomic mass is 9.59. The molecule has 8 aliphatic rings. The predicted octanol–water partition coefficient (Wildman–Crippen LogP) is 15.2. The zero-order valence-corrected chi connectivity index (χ0v) is 37.6. The van der Waals surface area contributed by atoms with E-state index < -0.39 is 6.97 Å². The Morgan fingerprint density at radius 1 is 0.338 bits per heavy atom. The van der Waals surface area contributed by atoms with Crippen molar-refractivity contribution in [1.29, 1.82) is 0 Å². The summed E-state index contributed by atoms with van der Waals surface area (Å²) in [5.41, 5.74) is 20.2. The van der Waals surface area contributed by atoms with Gasteiger partial charge >= 0.3 is 6.97 Å². The van der Waals surface area contributed by atoms with E-state index in [1.54, 1.807) is 8.96 Å². The molecule has 0 radical (unpaired) electrons. The topological polar surface area (TPSA) is 7.94 Å². The molecule has 0 spiro atoms. The zero-order chi connectivity index (χ0) is 45.1. The molecule has 0 amide bonds. The average molecular weight is 881 g/mol. The molecule has 0 saturated heterocycles. The molecule has 4 atom stereocenters. The fourth-order valence-corrected chi connectivity index (χ4v) is 13.7. The van der Waals surface area contributed by atoms with Gasteiger partial charge in [0.15, 0.2) is 11.4 Å². The fourth-order valence-electron chi connectivity index (χ4n) is 13.7. The number of halogens is 2. The maximum Gasteiger partial charge on any atom is 0.737 e. The predicted molar refractivity (Wildman–Crippen MR) is 274 cm³/mol. The van der Waals surface area contributed by atoms with E-state index in [1.807, 2.05) is 42.5 Å². The van der Waals surface area contributed by atoms with E-state index in [1.165, 1.54) is 22.3 Å². The molecule has 4 bridgehead atoms. The fraction of sp³-hybridized carbons (Fsp3) is 0.127. The quantitative estimate of drug-likeness (QED) is 0.141. The van der Waals surface area contributed by atoms with E-state index in [0.717, 1.165) is 92.5 Å². The normalized spacial score (nSPS) is 21.9. The van der Waals surface area contributed by atoms with Crippen LogP contribution in [0.15, 0.2) is 229 Å². The van der Waals surface area contributed by atoms with Crippen LogP contribution in [0.3, 0.4) is 0 Å². The maximum absolute atomic E-state index is 19.9. The highest BCUT2D eigenvalue weighted by Gasteiger charge is 2.64. The van der Waals surface area contributed by atoms with E-state index in [0.29, 0.717) is 22.8 Å². The molecule has 7 aromatic carbocycles. The monoisotopic (exact) mass is 880 g/mol. The van der Waals surface area contributed by atoms with Gasteiger partial charge < -0.3 is 17.6 Å². The van der Waals surface area contributed by atoms with Gasteiger partial charge in [-0.25, -0.2) is 0 Å². The summed E-state index contributed by atoms with van der Waals surface area (Å²) in [6.07, 6.45) is 3.53. The minimum atomic E-state index is -4.54. The summed E-state index contributed by atoms with van der Waals surface area (Å²) in [6, 6.07) is 73.9. The number of allylic oxidation sites excluding steroid dienone is 6. The molecule has 4 unspecified atom stereocenters. The Morgan fingerprint density at radius 2 is 0.662 bits per heavy atom. The smallest absolute Gasteiger partial charge is 0.389 e. The second-order valence-electron chi connectivity index (χ2n) is 19.3. The average Bonchev–Trinajstić information content (AvgIpc) is 3.99. The third-order valence-corrected chi connectivity index (χ3v) is 16.0. The van der Waals surface area contributed by atoms with E-state index in [4.69, 9.17) is 0 Å². The number of nitrogens with zero attached hydrogens (tertiary/aromatic N) is 2. The summed E-state index contributed by atoms with van der Waals surface area (Å²) in [7, 11) is 0. The van der Waals surface area contributed by atoms with Crippen molar-refractivity contribution < 1.29 is 13.1 Å². The minimum absolute atomic E-state index is 0.0940. The van der Waals surface area contributed by atoms with Crippen molar-refractivity contribution in [2.45, 2.75) is 37.5 Å². The van der Waals surface area contributed by atoms with Gasteiger partial charge in [-0.3, -0.25) is 0 Å². The molecule has 16 rings (SSSR count). The highest BCUT2D eigenvalue weighted by molar-refractivity contribution is 6.59. The minimum Gasteiger partial charge on any atom is -0.389 e. The van der Waals surface area contributed by atoms with Crippen molar-refractivity contribution in [3.63, 3.8) is 0 Å². The molecular formula is C63H47BF2N2. The Morgan fingerprint density at radius 3 is 1.09 bits per heavy atom. The number of aromatic nitrogens is 1. The standard InChI is InChI=1S/C63H47BF2N2/c65-64(66)67-60(45-32-18-6-19-33-45)56-47-36-38-49(53(42-26-12-3-13-27-42)51(47)40-22-8-1-9-23-40)58(56)62(67)55(44-30-16-5-17-31-44)63-59-50-39-37-48(57(59)61(68(63)64)46-34-20-7-21-35-46)52(41-24-10-2-11-25-41)54(50)43-28-14-4-15-29-43/h1-35,47-50H,36-39H2. The molecular weight excluding hydrogens is 834 g/mol. The van der Waals surface area contributed by atoms with Crippen molar-refractivity contribution in [2.24, 2.45) is 11.8 Å². The molecule has 3 heterocycles. The van der Waals surface area contributed by atoms with E-state index in [9.17, 15) is 0 Å². The van der Waals surface area contributed by atoms with Gasteiger partial charge in [0, 0.05) is 51.8 Å². The molecule has 2 nitrogen and oxygen atoms in total. The molecule has 5 heteroatoms. The first-order valence-electron chi connectivity index (χ1n) is 24.4. The van der Waals surface area contributed by atoms with Crippen LogP contribution in [0.25, 0.3) is 39.1 Å². The van der Waals surface area contributed by atoms with Crippen LogP contribution < -0.4 is 0 Å². The van der Waals surface area contributed by atoms with Gasteiger partial charge in [-0.05, 0) is 105 Å². The van der Waals surface area contributed by atoms with Gasteiger partial charge in [0.2, 0.25) is 0 Å². The van der Waals surface area contributed by atoms with Crippen LogP contribution in [-0.2, 0) is 0 Å². The highest BCUT2D eigenvalue weighted by atomic mass is 19.2. The second kappa shape index (κ2) is 15.2. The Labute approximate surface area is 396 Å². The first-order chi connectivity index (χ1) is 33.6. The highest BCUT2D eigenvalue weighted by Crippen LogP contribution is 2.67. The summed E-state index contributed by atoms with van der Waals surface area (Å²) in [6.45, 7) is -4.54. The van der Waals surface area contributed by atoms with E-state index in [2.05, 4.69) is 170 Å². The first kappa shape index (κ1) is 39.5. The number of hydrogen-bond acceptors (Lipinski definition) is 0. The van der Waals surface area contributed by atoms with Crippen molar-refractivity contribution >= 4 is 40.5 Å². The Kier molecular flexibility index (Phi) is 8.84. The summed E-state index contributed by atoms with van der Waals surface area (Å²) in [5.74, 6) is -0.404. The van der Waals surface area contributed by atoms with Crippen LogP contribution in [0.4, 0.5) is 8.63 Å². The Hall–Kier alpha value is -7.63. The number of rotatable bonds is 7. The third kappa shape index (κ3) is 5.53. The van der Waals surface area contributed by atoms with Crippen LogP contribution in [0.5, 0.6) is 0 Å². The molecule has 0 N–H and O–H groups in total. The number of benzene rings is 7. The molecule has 8 aromatic rings. The van der Waals surface area contributed by atoms with Crippen molar-refractivity contribution in [3.8, 4) is 11.3 Å². The first-order valence-corrected chi connectivity index (χ1v) is 24.4. The van der Waals surface area contributed by atoms with Crippen molar-refractivity contribution in [2.75, 3.05) is 0 Å². The third-order valence-electron chi connectivity index (χ3n) is 16.0. The van der Waals surface area contributed by atoms with Gasteiger partial charge in [0.25, 0.3) is 0 Å². The number of hydrogen-bond donors (Lipinski definition) is 0. The lowest BCUT2D eigenvalue weighted by molar-refractivity contribution is -0.362. The van der Waals surface area contributed by atoms with Gasteiger partial charge in [0.1, 0.15) is 0 Å². The van der Waals surface area contributed by atoms with Gasteiger partial charge in [-0.1, -0.05) is 200 Å². The van der Waals surface area contributed by atoms with Crippen LogP contribution in [-0.4, -0.2) is 21.6 Å². The van der Waals surface area contributed by atoms with Crippen LogP contribution in [0.2, 0.25) is 0 Å². The molecule has 68 heavy (non-hydrogen) atoms.